The molecule has 0 bridgehead atoms. The zero-order valence-electron chi connectivity index (χ0n) is 14.8. The molecule has 1 amide bonds. The second-order valence-electron chi connectivity index (χ2n) is 6.44. The number of thiazole rings is 1. The first kappa shape index (κ1) is 18.9. The summed E-state index contributed by atoms with van der Waals surface area (Å²) in [6.07, 6.45) is 4.65. The first-order valence-electron chi connectivity index (χ1n) is 8.02. The quantitative estimate of drug-likeness (QED) is 0.640. The fraction of sp³-hybridized carbons (Fsp3) is 0.316. The number of esters is 1. The van der Waals surface area contributed by atoms with Crippen molar-refractivity contribution < 1.29 is 14.3 Å². The molecule has 2 rings (SSSR count). The summed E-state index contributed by atoms with van der Waals surface area (Å²) in [5.74, 6) is -0.553. The fourth-order valence-corrected chi connectivity index (χ4v) is 2.82. The van der Waals surface area contributed by atoms with Gasteiger partial charge in [0.1, 0.15) is 4.88 Å². The third-order valence-electron chi connectivity index (χ3n) is 3.24. The van der Waals surface area contributed by atoms with Gasteiger partial charge in [-0.05, 0) is 30.7 Å². The molecule has 132 valence electrons. The highest BCUT2D eigenvalue weighted by Gasteiger charge is 2.20. The molecule has 0 radical (unpaired) electrons. The van der Waals surface area contributed by atoms with Crippen molar-refractivity contribution in [2.45, 2.75) is 33.1 Å². The van der Waals surface area contributed by atoms with Crippen LogP contribution in [0.15, 0.2) is 36.5 Å². The van der Waals surface area contributed by atoms with Crippen LogP contribution in [0, 0.1) is 0 Å². The van der Waals surface area contributed by atoms with Crippen molar-refractivity contribution in [1.29, 1.82) is 0 Å². The van der Waals surface area contributed by atoms with E-state index in [9.17, 15) is 9.59 Å². The number of nitrogens with zero attached hydrogens (tertiary/aromatic N) is 1. The number of carbonyl (C=O) groups excluding carboxylic acids is 2. The molecule has 25 heavy (non-hydrogen) atoms. The Balaban J connectivity index is 2.00. The van der Waals surface area contributed by atoms with Crippen molar-refractivity contribution in [1.82, 2.24) is 4.98 Å². The molecule has 1 heterocycles. The summed E-state index contributed by atoms with van der Waals surface area (Å²) in [6.45, 7) is 8.31. The Morgan fingerprint density at radius 2 is 1.92 bits per heavy atom. The van der Waals surface area contributed by atoms with Gasteiger partial charge in [0.2, 0.25) is 0 Å². The van der Waals surface area contributed by atoms with Gasteiger partial charge in [-0.25, -0.2) is 9.78 Å². The van der Waals surface area contributed by atoms with Crippen LogP contribution >= 0.6 is 11.3 Å². The summed E-state index contributed by atoms with van der Waals surface area (Å²) in [5.41, 5.74) is 1.46. The molecule has 6 heteroatoms. The number of ether oxygens (including phenoxy) is 1. The molecule has 0 unspecified atom stereocenters. The molecule has 0 saturated heterocycles. The van der Waals surface area contributed by atoms with Crippen LogP contribution in [0.3, 0.4) is 0 Å². The van der Waals surface area contributed by atoms with Crippen molar-refractivity contribution in [2.75, 3.05) is 11.9 Å². The van der Waals surface area contributed by atoms with Gasteiger partial charge in [-0.2, -0.15) is 0 Å². The lowest BCUT2D eigenvalue weighted by atomic mass is 9.98. The third kappa shape index (κ3) is 5.53. The van der Waals surface area contributed by atoms with Gasteiger partial charge in [-0.3, -0.25) is 4.79 Å². The number of hydrogen-bond donors (Lipinski definition) is 1. The minimum absolute atomic E-state index is 0.0733. The maximum Gasteiger partial charge on any atom is 0.330 e. The Morgan fingerprint density at radius 3 is 2.48 bits per heavy atom. The van der Waals surface area contributed by atoms with Crippen molar-refractivity contribution in [3.05, 3.63) is 52.0 Å². The molecule has 0 aliphatic heterocycles. The monoisotopic (exact) mass is 358 g/mol. The summed E-state index contributed by atoms with van der Waals surface area (Å²) in [5, 5.41) is 3.78. The van der Waals surface area contributed by atoms with Crippen LogP contribution in [-0.4, -0.2) is 23.5 Å². The molecule has 0 atom stereocenters. The number of rotatable bonds is 5. The Morgan fingerprint density at radius 1 is 1.24 bits per heavy atom. The van der Waals surface area contributed by atoms with Gasteiger partial charge in [-0.15, -0.1) is 11.3 Å². The summed E-state index contributed by atoms with van der Waals surface area (Å²) < 4.78 is 4.83. The maximum atomic E-state index is 12.3. The predicted molar refractivity (Wildman–Crippen MR) is 101 cm³/mol. The van der Waals surface area contributed by atoms with E-state index in [0.29, 0.717) is 17.2 Å². The number of amides is 1. The molecule has 0 fully saturated rings. The van der Waals surface area contributed by atoms with Gasteiger partial charge in [0, 0.05) is 17.2 Å². The highest BCUT2D eigenvalue weighted by molar-refractivity contribution is 7.13. The maximum absolute atomic E-state index is 12.3. The first-order chi connectivity index (χ1) is 11.8. The molecule has 0 aliphatic rings. The van der Waals surface area contributed by atoms with Crippen LogP contribution in [-0.2, 0) is 14.9 Å². The van der Waals surface area contributed by atoms with Crippen molar-refractivity contribution >= 4 is 35.0 Å². The second-order valence-corrected chi connectivity index (χ2v) is 7.47. The molecular weight excluding hydrogens is 336 g/mol. The van der Waals surface area contributed by atoms with E-state index in [4.69, 9.17) is 4.74 Å². The lowest BCUT2D eigenvalue weighted by molar-refractivity contribution is -0.137. The van der Waals surface area contributed by atoms with Gasteiger partial charge in [0.25, 0.3) is 5.91 Å². The Kier molecular flexibility index (Phi) is 6.09. The predicted octanol–water partition coefficient (Wildman–Crippen LogP) is 4.27. The van der Waals surface area contributed by atoms with Gasteiger partial charge < -0.3 is 10.1 Å². The zero-order chi connectivity index (χ0) is 18.4. The van der Waals surface area contributed by atoms with Crippen LogP contribution in [0.5, 0.6) is 0 Å². The lowest BCUT2D eigenvalue weighted by Crippen LogP contribution is -2.11. The van der Waals surface area contributed by atoms with Crippen LogP contribution in [0.1, 0.15) is 47.9 Å². The number of anilines is 1. The minimum atomic E-state index is -0.375. The largest absolute Gasteiger partial charge is 0.463 e. The number of nitrogens with one attached hydrogen (secondary N) is 1. The number of carbonyl (C=O) groups is 2. The van der Waals surface area contributed by atoms with Crippen LogP contribution < -0.4 is 5.32 Å². The van der Waals surface area contributed by atoms with E-state index in [1.807, 2.05) is 12.1 Å². The molecule has 1 aromatic heterocycles. The van der Waals surface area contributed by atoms with Crippen molar-refractivity contribution in [3.63, 3.8) is 0 Å². The van der Waals surface area contributed by atoms with E-state index in [0.717, 1.165) is 10.6 Å². The third-order valence-corrected chi connectivity index (χ3v) is 4.66. The average Bonchev–Trinajstić information content (AvgIpc) is 3.05. The normalized spacial score (nSPS) is 11.5. The Hall–Kier alpha value is -2.47. The van der Waals surface area contributed by atoms with Crippen LogP contribution in [0.4, 0.5) is 5.69 Å². The molecule has 0 spiro atoms. The summed E-state index contributed by atoms with van der Waals surface area (Å²) in [4.78, 5) is 28.5. The lowest BCUT2D eigenvalue weighted by Gasteiger charge is -2.13. The Labute approximate surface area is 151 Å². The van der Waals surface area contributed by atoms with E-state index < -0.39 is 0 Å². The van der Waals surface area contributed by atoms with Gasteiger partial charge >= 0.3 is 5.97 Å². The van der Waals surface area contributed by atoms with E-state index >= 15 is 0 Å². The molecule has 2 aromatic rings. The van der Waals surface area contributed by atoms with Gasteiger partial charge in [0.05, 0.1) is 17.8 Å². The highest BCUT2D eigenvalue weighted by atomic mass is 32.1. The molecular formula is C19H22N2O3S. The van der Waals surface area contributed by atoms with Gasteiger partial charge in [0.15, 0.2) is 0 Å². The van der Waals surface area contributed by atoms with E-state index in [1.54, 1.807) is 31.3 Å². The molecule has 0 saturated carbocycles. The molecule has 1 N–H and O–H groups in total. The smallest absolute Gasteiger partial charge is 0.330 e. The summed E-state index contributed by atoms with van der Waals surface area (Å²) in [6, 6.07) is 7.21. The molecule has 5 nitrogen and oxygen atoms in total. The van der Waals surface area contributed by atoms with E-state index in [2.05, 4.69) is 31.1 Å². The number of benzene rings is 1. The Bertz CT molecular complexity index is 771. The van der Waals surface area contributed by atoms with Gasteiger partial charge in [-0.1, -0.05) is 32.9 Å². The highest BCUT2D eigenvalue weighted by Crippen LogP contribution is 2.27. The zero-order valence-corrected chi connectivity index (χ0v) is 15.6. The standard InChI is InChI=1S/C19H22N2O3S/c1-5-24-16(22)11-8-13-6-9-14(10-7-13)21-17(23)15-12-20-18(25-15)19(2,3)4/h6-12H,5H2,1-4H3,(H,21,23)/b11-8+. The van der Waals surface area contributed by atoms with Crippen molar-refractivity contribution in [2.24, 2.45) is 0 Å². The SMILES string of the molecule is CCOC(=O)/C=C/c1ccc(NC(=O)c2cnc(C(C)(C)C)s2)cc1. The fourth-order valence-electron chi connectivity index (χ4n) is 1.95. The average molecular weight is 358 g/mol. The molecule has 1 aromatic carbocycles. The topological polar surface area (TPSA) is 68.3 Å². The van der Waals surface area contributed by atoms with E-state index in [1.165, 1.54) is 17.4 Å². The second kappa shape index (κ2) is 8.07. The first-order valence-corrected chi connectivity index (χ1v) is 8.84. The minimum Gasteiger partial charge on any atom is -0.463 e. The molecule has 0 aliphatic carbocycles. The number of hydrogen-bond acceptors (Lipinski definition) is 5. The van der Waals surface area contributed by atoms with Crippen LogP contribution in [0.2, 0.25) is 0 Å². The number of aromatic nitrogens is 1. The summed E-state index contributed by atoms with van der Waals surface area (Å²) in [7, 11) is 0. The van der Waals surface area contributed by atoms with E-state index in [-0.39, 0.29) is 17.3 Å². The van der Waals surface area contributed by atoms with Crippen LogP contribution in [0.25, 0.3) is 6.08 Å². The van der Waals surface area contributed by atoms with Crippen molar-refractivity contribution in [3.8, 4) is 0 Å². The summed E-state index contributed by atoms with van der Waals surface area (Å²) >= 11 is 1.40.